The first kappa shape index (κ1) is 21.0. The molecule has 0 spiro atoms. The number of aromatic amines is 1. The third kappa shape index (κ3) is 5.21. The molecule has 9 heteroatoms. The summed E-state index contributed by atoms with van der Waals surface area (Å²) in [6.45, 7) is 7.94. The molecule has 1 aromatic carbocycles. The Morgan fingerprint density at radius 1 is 1.17 bits per heavy atom. The molecule has 3 aromatic rings. The minimum Gasteiger partial charge on any atom is -0.335 e. The molecule has 0 fully saturated rings. The number of fused-ring (bicyclic) bond motifs is 1. The maximum absolute atomic E-state index is 13.1. The van der Waals surface area contributed by atoms with Crippen molar-refractivity contribution in [3.63, 3.8) is 0 Å². The Morgan fingerprint density at radius 2 is 1.90 bits per heavy atom. The van der Waals surface area contributed by atoms with Crippen molar-refractivity contribution in [1.29, 1.82) is 0 Å². The number of nitrogens with zero attached hydrogens (tertiary/aromatic N) is 5. The molecule has 29 heavy (non-hydrogen) atoms. The van der Waals surface area contributed by atoms with Crippen LogP contribution in [0.2, 0.25) is 5.02 Å². The van der Waals surface area contributed by atoms with Crippen molar-refractivity contribution < 1.29 is 4.79 Å². The highest BCUT2D eigenvalue weighted by atomic mass is 35.5. The van der Waals surface area contributed by atoms with Crippen LogP contribution in [0.5, 0.6) is 0 Å². The minimum absolute atomic E-state index is 0.0196. The molecule has 0 aliphatic heterocycles. The third-order valence-corrected chi connectivity index (χ3v) is 5.20. The highest BCUT2D eigenvalue weighted by Crippen LogP contribution is 2.13. The quantitative estimate of drug-likeness (QED) is 0.577. The number of carbonyl (C=O) groups is 1. The second kappa shape index (κ2) is 9.67. The summed E-state index contributed by atoms with van der Waals surface area (Å²) in [7, 11) is 0. The van der Waals surface area contributed by atoms with Crippen molar-refractivity contribution in [3.05, 3.63) is 57.7 Å². The lowest BCUT2D eigenvalue weighted by atomic mass is 10.2. The lowest BCUT2D eigenvalue weighted by Gasteiger charge is -2.27. The number of nitrogens with one attached hydrogen (secondary N) is 1. The Bertz CT molecular complexity index is 1010. The highest BCUT2D eigenvalue weighted by Gasteiger charge is 2.18. The van der Waals surface area contributed by atoms with E-state index in [0.717, 1.165) is 25.2 Å². The first-order valence-electron chi connectivity index (χ1n) is 9.65. The van der Waals surface area contributed by atoms with Gasteiger partial charge < -0.3 is 14.8 Å². The van der Waals surface area contributed by atoms with Crippen molar-refractivity contribution >= 4 is 28.5 Å². The maximum atomic E-state index is 13.1. The standard InChI is InChI=1S/C20H25ClN6O2/c1-3-25(4-2)9-10-26(12-15-5-7-16(21)8-6-15)18(28)13-27-19-17(11-24-27)20(29)23-14-22-19/h5-8,11,14H,3-4,9-10,12-13H2,1-2H3,(H,22,23,29). The van der Waals surface area contributed by atoms with E-state index in [9.17, 15) is 9.59 Å². The van der Waals surface area contributed by atoms with Gasteiger partial charge in [0.2, 0.25) is 5.91 Å². The SMILES string of the molecule is CCN(CC)CCN(Cc1ccc(Cl)cc1)C(=O)Cn1ncc2c(=O)[nH]cnc21. The monoisotopic (exact) mass is 416 g/mol. The number of carbonyl (C=O) groups excluding carboxylic acids is 1. The molecule has 0 aliphatic rings. The van der Waals surface area contributed by atoms with Crippen LogP contribution in [0.25, 0.3) is 11.0 Å². The molecular formula is C20H25ClN6O2. The molecular weight excluding hydrogens is 392 g/mol. The van der Waals surface area contributed by atoms with E-state index in [1.165, 1.54) is 17.2 Å². The van der Waals surface area contributed by atoms with E-state index in [-0.39, 0.29) is 18.0 Å². The number of H-pyrrole nitrogens is 1. The zero-order valence-corrected chi connectivity index (χ0v) is 17.4. The van der Waals surface area contributed by atoms with Gasteiger partial charge in [0.1, 0.15) is 11.9 Å². The summed E-state index contributed by atoms with van der Waals surface area (Å²) in [6.07, 6.45) is 2.76. The molecule has 0 aliphatic carbocycles. The number of hydrogen-bond donors (Lipinski definition) is 1. The normalized spacial score (nSPS) is 11.3. The fourth-order valence-electron chi connectivity index (χ4n) is 3.15. The molecule has 2 aromatic heterocycles. The Balaban J connectivity index is 1.79. The van der Waals surface area contributed by atoms with Crippen LogP contribution in [0.4, 0.5) is 0 Å². The lowest BCUT2D eigenvalue weighted by Crippen LogP contribution is -2.40. The van der Waals surface area contributed by atoms with Gasteiger partial charge >= 0.3 is 0 Å². The molecule has 1 amide bonds. The van der Waals surface area contributed by atoms with Crippen LogP contribution in [0, 0.1) is 0 Å². The number of hydrogen-bond acceptors (Lipinski definition) is 5. The maximum Gasteiger partial charge on any atom is 0.261 e. The van der Waals surface area contributed by atoms with Crippen LogP contribution in [0.15, 0.2) is 41.6 Å². The van der Waals surface area contributed by atoms with Crippen molar-refractivity contribution in [2.75, 3.05) is 26.2 Å². The van der Waals surface area contributed by atoms with Gasteiger partial charge in [-0.3, -0.25) is 9.59 Å². The molecule has 154 valence electrons. The average Bonchev–Trinajstić information content (AvgIpc) is 3.13. The Labute approximate surface area is 174 Å². The summed E-state index contributed by atoms with van der Waals surface area (Å²) >= 11 is 5.98. The Morgan fingerprint density at radius 3 is 2.59 bits per heavy atom. The number of rotatable bonds is 9. The molecule has 0 radical (unpaired) electrons. The van der Waals surface area contributed by atoms with Crippen LogP contribution < -0.4 is 5.56 Å². The van der Waals surface area contributed by atoms with E-state index in [4.69, 9.17) is 11.6 Å². The predicted molar refractivity (Wildman–Crippen MR) is 113 cm³/mol. The number of aromatic nitrogens is 4. The van der Waals surface area contributed by atoms with Crippen LogP contribution in [-0.4, -0.2) is 61.6 Å². The van der Waals surface area contributed by atoms with Gasteiger partial charge in [-0.2, -0.15) is 5.10 Å². The van der Waals surface area contributed by atoms with Crippen LogP contribution in [-0.2, 0) is 17.9 Å². The molecule has 8 nitrogen and oxygen atoms in total. The summed E-state index contributed by atoms with van der Waals surface area (Å²) in [5.41, 5.74) is 1.13. The summed E-state index contributed by atoms with van der Waals surface area (Å²) in [5.74, 6) is -0.0841. The third-order valence-electron chi connectivity index (χ3n) is 4.94. The highest BCUT2D eigenvalue weighted by molar-refractivity contribution is 6.30. The minimum atomic E-state index is -0.270. The zero-order valence-electron chi connectivity index (χ0n) is 16.6. The van der Waals surface area contributed by atoms with Gasteiger partial charge in [0.15, 0.2) is 5.65 Å². The summed E-state index contributed by atoms with van der Waals surface area (Å²) in [6, 6.07) is 7.48. The van der Waals surface area contributed by atoms with Gasteiger partial charge in [-0.05, 0) is 30.8 Å². The Hall–Kier alpha value is -2.71. The van der Waals surface area contributed by atoms with Gasteiger partial charge in [-0.15, -0.1) is 0 Å². The fourth-order valence-corrected chi connectivity index (χ4v) is 3.28. The molecule has 0 atom stereocenters. The fraction of sp³-hybridized carbons (Fsp3) is 0.400. The molecule has 1 N–H and O–H groups in total. The van der Waals surface area contributed by atoms with Crippen molar-refractivity contribution in [3.8, 4) is 0 Å². The summed E-state index contributed by atoms with van der Waals surface area (Å²) < 4.78 is 1.47. The molecule has 0 saturated heterocycles. The summed E-state index contributed by atoms with van der Waals surface area (Å²) in [5, 5.41) is 5.21. The summed E-state index contributed by atoms with van der Waals surface area (Å²) in [4.78, 5) is 35.7. The van der Waals surface area contributed by atoms with Gasteiger partial charge in [-0.25, -0.2) is 9.67 Å². The molecule has 2 heterocycles. The van der Waals surface area contributed by atoms with E-state index in [0.29, 0.717) is 29.1 Å². The number of halogens is 1. The second-order valence-electron chi connectivity index (χ2n) is 6.74. The van der Waals surface area contributed by atoms with E-state index in [1.54, 1.807) is 0 Å². The Kier molecular flexibility index (Phi) is 7.00. The van der Waals surface area contributed by atoms with Gasteiger partial charge in [0.05, 0.1) is 12.5 Å². The van der Waals surface area contributed by atoms with E-state index in [2.05, 4.69) is 33.8 Å². The molecule has 0 unspecified atom stereocenters. The van der Waals surface area contributed by atoms with E-state index < -0.39 is 0 Å². The first-order valence-corrected chi connectivity index (χ1v) is 10.0. The van der Waals surface area contributed by atoms with E-state index in [1.807, 2.05) is 29.2 Å². The molecule has 3 rings (SSSR count). The smallest absolute Gasteiger partial charge is 0.261 e. The zero-order chi connectivity index (χ0) is 20.8. The second-order valence-corrected chi connectivity index (χ2v) is 7.18. The van der Waals surface area contributed by atoms with Crippen molar-refractivity contribution in [2.24, 2.45) is 0 Å². The van der Waals surface area contributed by atoms with Crippen LogP contribution >= 0.6 is 11.6 Å². The van der Waals surface area contributed by atoms with Gasteiger partial charge in [0.25, 0.3) is 5.56 Å². The number of likely N-dealkylation sites (N-methyl/N-ethyl adjacent to an activating group) is 1. The largest absolute Gasteiger partial charge is 0.335 e. The predicted octanol–water partition coefficient (Wildman–Crippen LogP) is 2.14. The van der Waals surface area contributed by atoms with Crippen molar-refractivity contribution in [1.82, 2.24) is 29.5 Å². The number of benzene rings is 1. The van der Waals surface area contributed by atoms with Crippen LogP contribution in [0.1, 0.15) is 19.4 Å². The van der Waals surface area contributed by atoms with Gasteiger partial charge in [0, 0.05) is 24.7 Å². The first-order chi connectivity index (χ1) is 14.0. The van der Waals surface area contributed by atoms with Crippen LogP contribution in [0.3, 0.4) is 0 Å². The average molecular weight is 417 g/mol. The molecule has 0 bridgehead atoms. The van der Waals surface area contributed by atoms with Gasteiger partial charge in [-0.1, -0.05) is 37.6 Å². The van der Waals surface area contributed by atoms with Crippen molar-refractivity contribution in [2.45, 2.75) is 26.9 Å². The number of amides is 1. The lowest BCUT2D eigenvalue weighted by molar-refractivity contribution is -0.132. The molecule has 0 saturated carbocycles. The van der Waals surface area contributed by atoms with E-state index >= 15 is 0 Å². The topological polar surface area (TPSA) is 87.1 Å².